The van der Waals surface area contributed by atoms with Crippen LogP contribution in [0.5, 0.6) is 0 Å². The van der Waals surface area contributed by atoms with Gasteiger partial charge in [0.15, 0.2) is 0 Å². The fourth-order valence-corrected chi connectivity index (χ4v) is 2.73. The molecule has 1 aliphatic rings. The number of urea groups is 1. The summed E-state index contributed by atoms with van der Waals surface area (Å²) in [4.78, 5) is 39.4. The van der Waals surface area contributed by atoms with Crippen LogP contribution < -0.4 is 5.32 Å². The third kappa shape index (κ3) is 5.37. The first-order valence-electron chi connectivity index (χ1n) is 8.64. The van der Waals surface area contributed by atoms with E-state index in [1.807, 2.05) is 30.3 Å². The largest absolute Gasteiger partial charge is 0.467 e. The Bertz CT molecular complexity index is 615. The molecule has 3 amide bonds. The van der Waals surface area contributed by atoms with Gasteiger partial charge in [0.2, 0.25) is 0 Å². The molecule has 0 spiro atoms. The van der Waals surface area contributed by atoms with Crippen molar-refractivity contribution in [3.05, 3.63) is 35.9 Å². The zero-order valence-corrected chi connectivity index (χ0v) is 15.1. The van der Waals surface area contributed by atoms with Crippen LogP contribution in [0.3, 0.4) is 0 Å². The van der Waals surface area contributed by atoms with Gasteiger partial charge in [-0.15, -0.1) is 0 Å². The maximum atomic E-state index is 12.5. The van der Waals surface area contributed by atoms with Crippen LogP contribution in [0.1, 0.15) is 12.5 Å². The van der Waals surface area contributed by atoms with Crippen LogP contribution in [0.15, 0.2) is 30.3 Å². The number of hydrogen-bond donors (Lipinski definition) is 1. The topological polar surface area (TPSA) is 88.2 Å². The van der Waals surface area contributed by atoms with Crippen LogP contribution in [0.2, 0.25) is 0 Å². The molecule has 8 heteroatoms. The van der Waals surface area contributed by atoms with Gasteiger partial charge < -0.3 is 24.6 Å². The van der Waals surface area contributed by atoms with E-state index in [9.17, 15) is 14.4 Å². The second kappa shape index (κ2) is 9.65. The summed E-state index contributed by atoms with van der Waals surface area (Å²) in [5.41, 5.74) is 0.926. The third-order valence-corrected chi connectivity index (χ3v) is 4.16. The number of ether oxygens (including phenoxy) is 2. The minimum Gasteiger partial charge on any atom is -0.467 e. The van der Waals surface area contributed by atoms with Crippen molar-refractivity contribution in [1.82, 2.24) is 15.1 Å². The van der Waals surface area contributed by atoms with Crippen LogP contribution >= 0.6 is 0 Å². The molecule has 0 aliphatic carbocycles. The van der Waals surface area contributed by atoms with Gasteiger partial charge in [0.25, 0.3) is 0 Å². The van der Waals surface area contributed by atoms with Gasteiger partial charge in [-0.3, -0.25) is 0 Å². The maximum Gasteiger partial charge on any atom is 0.409 e. The van der Waals surface area contributed by atoms with Gasteiger partial charge in [-0.25, -0.2) is 14.4 Å². The molecule has 8 nitrogen and oxygen atoms in total. The Kier molecular flexibility index (Phi) is 7.25. The Morgan fingerprint density at radius 3 is 2.27 bits per heavy atom. The molecule has 0 bridgehead atoms. The van der Waals surface area contributed by atoms with Crippen molar-refractivity contribution < 1.29 is 23.9 Å². The SMILES string of the molecule is CCOC(=O)N1CCN(C(=O)N[C@@H](Cc2ccccc2)C(=O)OC)CC1. The molecule has 1 fully saturated rings. The summed E-state index contributed by atoms with van der Waals surface area (Å²) in [5, 5.41) is 2.73. The number of methoxy groups -OCH3 is 1. The normalized spacial score (nSPS) is 15.2. The molecule has 1 aromatic carbocycles. The van der Waals surface area contributed by atoms with E-state index < -0.39 is 12.0 Å². The zero-order valence-electron chi connectivity index (χ0n) is 15.1. The van der Waals surface area contributed by atoms with Crippen LogP contribution in [-0.2, 0) is 20.7 Å². The zero-order chi connectivity index (χ0) is 18.9. The summed E-state index contributed by atoms with van der Waals surface area (Å²) in [6.07, 6.45) is -0.0220. The van der Waals surface area contributed by atoms with E-state index in [-0.39, 0.29) is 12.1 Å². The van der Waals surface area contributed by atoms with E-state index in [1.54, 1.807) is 16.7 Å². The molecule has 1 atom stereocenters. The predicted molar refractivity (Wildman–Crippen MR) is 94.6 cm³/mol. The Labute approximate surface area is 153 Å². The Hall–Kier alpha value is -2.77. The van der Waals surface area contributed by atoms with E-state index in [1.165, 1.54) is 7.11 Å². The lowest BCUT2D eigenvalue weighted by Gasteiger charge is -2.34. The molecule has 142 valence electrons. The summed E-state index contributed by atoms with van der Waals surface area (Å²) in [6.45, 7) is 3.62. The van der Waals surface area contributed by atoms with Crippen molar-refractivity contribution in [3.8, 4) is 0 Å². The van der Waals surface area contributed by atoms with E-state index in [0.29, 0.717) is 39.2 Å². The first kappa shape index (κ1) is 19.6. The van der Waals surface area contributed by atoms with Gasteiger partial charge in [0.05, 0.1) is 13.7 Å². The number of piperazine rings is 1. The van der Waals surface area contributed by atoms with Crippen molar-refractivity contribution in [3.63, 3.8) is 0 Å². The molecule has 26 heavy (non-hydrogen) atoms. The Morgan fingerprint density at radius 1 is 1.08 bits per heavy atom. The average Bonchev–Trinajstić information content (AvgIpc) is 2.68. The number of carbonyl (C=O) groups is 3. The number of esters is 1. The molecule has 1 N–H and O–H groups in total. The number of nitrogens with one attached hydrogen (secondary N) is 1. The van der Waals surface area contributed by atoms with Crippen molar-refractivity contribution in [1.29, 1.82) is 0 Å². The van der Waals surface area contributed by atoms with Gasteiger partial charge in [0, 0.05) is 32.6 Å². The first-order chi connectivity index (χ1) is 12.5. The number of hydrogen-bond acceptors (Lipinski definition) is 5. The van der Waals surface area contributed by atoms with E-state index >= 15 is 0 Å². The second-order valence-electron chi connectivity index (χ2n) is 5.89. The van der Waals surface area contributed by atoms with Gasteiger partial charge in [-0.1, -0.05) is 30.3 Å². The molecule has 0 unspecified atom stereocenters. The quantitative estimate of drug-likeness (QED) is 0.796. The standard InChI is InChI=1S/C18H25N3O5/c1-3-26-18(24)21-11-9-20(10-12-21)17(23)19-15(16(22)25-2)13-14-7-5-4-6-8-14/h4-8,15H,3,9-13H2,1-2H3,(H,19,23)/t15-/m0/s1. The highest BCUT2D eigenvalue weighted by Gasteiger charge is 2.28. The summed E-state index contributed by atoms with van der Waals surface area (Å²) in [5.74, 6) is -0.493. The highest BCUT2D eigenvalue weighted by atomic mass is 16.6. The van der Waals surface area contributed by atoms with Crippen LogP contribution in [-0.4, -0.2) is 73.8 Å². The molecule has 1 saturated heterocycles. The number of amides is 3. The summed E-state index contributed by atoms with van der Waals surface area (Å²) >= 11 is 0. The lowest BCUT2D eigenvalue weighted by atomic mass is 10.1. The monoisotopic (exact) mass is 363 g/mol. The van der Waals surface area contributed by atoms with Crippen LogP contribution in [0.4, 0.5) is 9.59 Å². The summed E-state index contributed by atoms with van der Waals surface area (Å²) in [7, 11) is 1.30. The van der Waals surface area contributed by atoms with Gasteiger partial charge >= 0.3 is 18.1 Å². The first-order valence-corrected chi connectivity index (χ1v) is 8.64. The molecular weight excluding hydrogens is 338 g/mol. The van der Waals surface area contributed by atoms with E-state index in [2.05, 4.69) is 5.32 Å². The number of carbonyl (C=O) groups excluding carboxylic acids is 3. The lowest BCUT2D eigenvalue weighted by molar-refractivity contribution is -0.142. The molecule has 2 rings (SSSR count). The molecule has 0 saturated carbocycles. The summed E-state index contributed by atoms with van der Waals surface area (Å²) < 4.78 is 9.77. The smallest absolute Gasteiger partial charge is 0.409 e. The summed E-state index contributed by atoms with van der Waals surface area (Å²) in [6, 6.07) is 8.30. The highest BCUT2D eigenvalue weighted by Crippen LogP contribution is 2.08. The maximum absolute atomic E-state index is 12.5. The fraction of sp³-hybridized carbons (Fsp3) is 0.500. The van der Waals surface area contributed by atoms with Crippen molar-refractivity contribution in [2.24, 2.45) is 0 Å². The molecule has 0 radical (unpaired) electrons. The number of nitrogens with zero attached hydrogens (tertiary/aromatic N) is 2. The van der Waals surface area contributed by atoms with Crippen LogP contribution in [0.25, 0.3) is 0 Å². The van der Waals surface area contributed by atoms with E-state index in [4.69, 9.17) is 9.47 Å². The number of rotatable bonds is 5. The second-order valence-corrected chi connectivity index (χ2v) is 5.89. The highest BCUT2D eigenvalue weighted by molar-refractivity contribution is 5.84. The minimum atomic E-state index is -0.766. The minimum absolute atomic E-state index is 0.319. The molecule has 1 heterocycles. The molecule has 0 aromatic heterocycles. The molecule has 1 aromatic rings. The fourth-order valence-electron chi connectivity index (χ4n) is 2.73. The van der Waals surface area contributed by atoms with Gasteiger partial charge in [-0.05, 0) is 12.5 Å². The number of benzene rings is 1. The van der Waals surface area contributed by atoms with Crippen molar-refractivity contribution in [2.75, 3.05) is 39.9 Å². The molecular formula is C18H25N3O5. The van der Waals surface area contributed by atoms with E-state index in [0.717, 1.165) is 5.56 Å². The Balaban J connectivity index is 1.91. The third-order valence-electron chi connectivity index (χ3n) is 4.16. The van der Waals surface area contributed by atoms with Crippen molar-refractivity contribution in [2.45, 2.75) is 19.4 Å². The van der Waals surface area contributed by atoms with Gasteiger partial charge in [-0.2, -0.15) is 0 Å². The predicted octanol–water partition coefficient (Wildman–Crippen LogP) is 1.25. The lowest BCUT2D eigenvalue weighted by Crippen LogP contribution is -2.56. The Morgan fingerprint density at radius 2 is 1.69 bits per heavy atom. The van der Waals surface area contributed by atoms with Crippen molar-refractivity contribution >= 4 is 18.1 Å². The average molecular weight is 363 g/mol. The molecule has 1 aliphatic heterocycles. The van der Waals surface area contributed by atoms with Gasteiger partial charge in [0.1, 0.15) is 6.04 Å². The van der Waals surface area contributed by atoms with Crippen LogP contribution in [0, 0.1) is 0 Å².